The lowest BCUT2D eigenvalue weighted by Crippen LogP contribution is -2.12. The van der Waals surface area contributed by atoms with Crippen LogP contribution in [0.25, 0.3) is 0 Å². The van der Waals surface area contributed by atoms with Gasteiger partial charge in [0.05, 0.1) is 55.6 Å². The number of aryl methyl sites for hydroxylation is 2. The van der Waals surface area contributed by atoms with Gasteiger partial charge in [-0.05, 0) is 61.1 Å². The molecule has 17 heteroatoms. The molecular weight excluding hydrogens is 952 g/mol. The first-order valence-corrected chi connectivity index (χ1v) is 26.1. The SMILES string of the molecule is CC(C)c1cncc(C(C)(F)F)n1.CCC.CCC.CCC.CCC.CCC.COc1cc(C(C)C)ncn1.COc1cncc(C(C)C)n1.Cc1cc(C(C)C)cnn1.Cc1nc(C(C)C)cc(C(F)(F)F)n1. The molecule has 5 aromatic rings. The van der Waals surface area contributed by atoms with Crippen molar-refractivity contribution in [3.63, 3.8) is 0 Å². The van der Waals surface area contributed by atoms with Gasteiger partial charge in [0.2, 0.25) is 11.8 Å². The van der Waals surface area contributed by atoms with Crippen LogP contribution < -0.4 is 9.47 Å². The van der Waals surface area contributed by atoms with Crippen LogP contribution in [0.4, 0.5) is 22.0 Å². The number of halogens is 5. The van der Waals surface area contributed by atoms with Crippen molar-refractivity contribution in [2.24, 2.45) is 0 Å². The highest BCUT2D eigenvalue weighted by Crippen LogP contribution is 2.29. The number of nitrogens with zero attached hydrogens (tertiary/aromatic N) is 10. The van der Waals surface area contributed by atoms with Crippen LogP contribution in [-0.4, -0.2) is 64.3 Å². The third-order valence-corrected chi connectivity index (χ3v) is 7.79. The lowest BCUT2D eigenvalue weighted by atomic mass is 10.1. The van der Waals surface area contributed by atoms with E-state index in [1.54, 1.807) is 40.5 Å². The van der Waals surface area contributed by atoms with Gasteiger partial charge in [-0.2, -0.15) is 32.1 Å². The summed E-state index contributed by atoms with van der Waals surface area (Å²) in [6, 6.07) is 4.92. The Kier molecular flexibility index (Phi) is 48.4. The molecule has 0 saturated carbocycles. The fourth-order valence-electron chi connectivity index (χ4n) is 4.23. The second-order valence-electron chi connectivity index (χ2n) is 18.4. The molecule has 0 radical (unpaired) electrons. The maximum Gasteiger partial charge on any atom is 0.433 e. The van der Waals surface area contributed by atoms with E-state index in [4.69, 9.17) is 9.47 Å². The van der Waals surface area contributed by atoms with Gasteiger partial charge in [0.15, 0.2) is 0 Å². The van der Waals surface area contributed by atoms with Gasteiger partial charge in [-0.3, -0.25) is 9.97 Å². The van der Waals surface area contributed by atoms with Gasteiger partial charge in [0.25, 0.3) is 5.92 Å². The number of rotatable bonds is 8. The van der Waals surface area contributed by atoms with Gasteiger partial charge >= 0.3 is 6.18 Å². The second-order valence-corrected chi connectivity index (χ2v) is 18.4. The molecule has 5 rings (SSSR count). The van der Waals surface area contributed by atoms with Crippen LogP contribution in [0.1, 0.15) is 258 Å². The molecule has 0 bridgehead atoms. The zero-order valence-corrected chi connectivity index (χ0v) is 50.3. The van der Waals surface area contributed by atoms with Gasteiger partial charge in [0.1, 0.15) is 23.5 Å². The number of aromatic nitrogens is 10. The third-order valence-electron chi connectivity index (χ3n) is 7.79. The molecule has 0 fully saturated rings. The van der Waals surface area contributed by atoms with Crippen molar-refractivity contribution >= 4 is 0 Å². The molecule has 0 amide bonds. The average molecular weight is 1050 g/mol. The number of hydrogen-bond acceptors (Lipinski definition) is 12. The highest BCUT2D eigenvalue weighted by atomic mass is 19.4. The third kappa shape index (κ3) is 42.1. The van der Waals surface area contributed by atoms with Crippen molar-refractivity contribution in [3.8, 4) is 11.8 Å². The van der Waals surface area contributed by atoms with Crippen molar-refractivity contribution in [1.29, 1.82) is 0 Å². The summed E-state index contributed by atoms with van der Waals surface area (Å²) < 4.78 is 72.4. The zero-order valence-electron chi connectivity index (χ0n) is 50.3. The molecule has 12 nitrogen and oxygen atoms in total. The van der Waals surface area contributed by atoms with Crippen molar-refractivity contribution in [2.75, 3.05) is 14.2 Å². The molecule has 0 aliphatic carbocycles. The Hall–Kier alpha value is -5.35. The van der Waals surface area contributed by atoms with E-state index >= 15 is 0 Å². The summed E-state index contributed by atoms with van der Waals surface area (Å²) in [5, 5.41) is 7.73. The summed E-state index contributed by atoms with van der Waals surface area (Å²) in [4.78, 5) is 31.0. The van der Waals surface area contributed by atoms with Crippen LogP contribution in [0, 0.1) is 13.8 Å². The smallest absolute Gasteiger partial charge is 0.433 e. The fourth-order valence-corrected chi connectivity index (χ4v) is 4.23. The molecule has 0 N–H and O–H groups in total. The van der Waals surface area contributed by atoms with Gasteiger partial charge in [-0.15, -0.1) is 0 Å². The number of alkyl halides is 5. The van der Waals surface area contributed by atoms with Crippen molar-refractivity contribution in [2.45, 2.75) is 233 Å². The van der Waals surface area contributed by atoms with Crippen molar-refractivity contribution in [1.82, 2.24) is 50.1 Å². The predicted molar refractivity (Wildman–Crippen MR) is 298 cm³/mol. The van der Waals surface area contributed by atoms with Gasteiger partial charge in [-0.25, -0.2) is 29.9 Å². The Labute approximate surface area is 445 Å². The molecule has 74 heavy (non-hydrogen) atoms. The molecule has 5 heterocycles. The molecule has 0 aliphatic rings. The minimum Gasteiger partial charge on any atom is -0.481 e. The quantitative estimate of drug-likeness (QED) is 0.136. The topological polar surface area (TPSA) is 147 Å². The monoisotopic (exact) mass is 1050 g/mol. The molecule has 0 aliphatic heterocycles. The standard InChI is InChI=1S/C9H11F3N2.C9H12F2N2.2C8H12N2O.C8H12N2.5C3H8/c1-5(2)7-4-8(9(10,11)12)14-6(3)13-7;1-6(2)7-4-12-5-8(13-7)9(3,10)11;1-6(2)7-4-9-5-8(10-7)11-3;1-6(2)7-4-8(11-3)10-5-9-7;1-6(2)8-4-7(3)10-9-5-8;5*1-3-2/h4-5H,1-3H3;4-6H,1-3H3;2*4-6H,1-3H3;4-6H,1-3H3;5*3H2,1-2H3. The first-order chi connectivity index (χ1) is 34.5. The number of methoxy groups -OCH3 is 2. The van der Waals surface area contributed by atoms with Gasteiger partial charge in [-0.1, -0.05) is 171 Å². The number of hydrogen-bond donors (Lipinski definition) is 0. The molecule has 0 aromatic carbocycles. The zero-order chi connectivity index (χ0) is 58.6. The molecule has 0 unspecified atom stereocenters. The molecule has 0 saturated heterocycles. The minimum atomic E-state index is -4.39. The van der Waals surface area contributed by atoms with Crippen molar-refractivity contribution < 1.29 is 31.4 Å². The molecule has 0 atom stereocenters. The van der Waals surface area contributed by atoms with E-state index in [0.717, 1.165) is 36.3 Å². The van der Waals surface area contributed by atoms with E-state index < -0.39 is 17.8 Å². The summed E-state index contributed by atoms with van der Waals surface area (Å²) >= 11 is 0. The Morgan fingerprint density at radius 2 is 0.892 bits per heavy atom. The first kappa shape index (κ1) is 77.5. The maximum absolute atomic E-state index is 12.8. The Morgan fingerprint density at radius 3 is 1.26 bits per heavy atom. The lowest BCUT2D eigenvalue weighted by molar-refractivity contribution is -0.141. The second kappa shape index (κ2) is 46.2. The van der Waals surface area contributed by atoms with Crippen LogP contribution in [-0.2, 0) is 12.1 Å². The van der Waals surface area contributed by atoms with Crippen LogP contribution in [0.2, 0.25) is 0 Å². The van der Waals surface area contributed by atoms with E-state index in [0.29, 0.717) is 40.9 Å². The molecular formula is C57H99F5N10O2. The predicted octanol–water partition coefficient (Wildman–Crippen LogP) is 17.8. The van der Waals surface area contributed by atoms with E-state index in [2.05, 4.69) is 167 Å². The van der Waals surface area contributed by atoms with Crippen LogP contribution in [0.15, 0.2) is 55.5 Å². The minimum absolute atomic E-state index is 0.0298. The van der Waals surface area contributed by atoms with E-state index in [1.165, 1.54) is 57.1 Å². The van der Waals surface area contributed by atoms with Crippen LogP contribution >= 0.6 is 0 Å². The maximum atomic E-state index is 12.8. The van der Waals surface area contributed by atoms with Crippen molar-refractivity contribution in [3.05, 3.63) is 107 Å². The Balaban J connectivity index is -0.000000251. The van der Waals surface area contributed by atoms with Crippen LogP contribution in [0.5, 0.6) is 11.8 Å². The Bertz CT molecular complexity index is 2000. The first-order valence-electron chi connectivity index (χ1n) is 26.1. The largest absolute Gasteiger partial charge is 0.481 e. The summed E-state index contributed by atoms with van der Waals surface area (Å²) in [6.45, 7) is 45.5. The lowest BCUT2D eigenvalue weighted by Gasteiger charge is -2.11. The van der Waals surface area contributed by atoms with Crippen LogP contribution in [0.3, 0.4) is 0 Å². The summed E-state index contributed by atoms with van der Waals surface area (Å²) in [6.07, 6.45) is 11.2. The van der Waals surface area contributed by atoms with Gasteiger partial charge in [0, 0.05) is 31.1 Å². The van der Waals surface area contributed by atoms with Gasteiger partial charge < -0.3 is 9.47 Å². The van der Waals surface area contributed by atoms with E-state index in [1.807, 2.05) is 33.0 Å². The molecule has 0 spiro atoms. The molecule has 424 valence electrons. The Morgan fingerprint density at radius 1 is 0.459 bits per heavy atom. The summed E-state index contributed by atoms with van der Waals surface area (Å²) in [5.74, 6) is -0.0764. The number of ether oxygens (including phenoxy) is 2. The van der Waals surface area contributed by atoms with E-state index in [9.17, 15) is 22.0 Å². The highest BCUT2D eigenvalue weighted by molar-refractivity contribution is 5.17. The fraction of sp³-hybridized carbons (Fsp3) is 0.649. The summed E-state index contributed by atoms with van der Waals surface area (Å²) in [5.41, 5.74) is 4.11. The normalized spacial score (nSPS) is 10.1. The van der Waals surface area contributed by atoms with E-state index in [-0.39, 0.29) is 23.4 Å². The average Bonchev–Trinajstić information content (AvgIpc) is 3.33. The highest BCUT2D eigenvalue weighted by Gasteiger charge is 2.33. The summed E-state index contributed by atoms with van der Waals surface area (Å²) in [7, 11) is 3.20. The molecule has 5 aromatic heterocycles.